The summed E-state index contributed by atoms with van der Waals surface area (Å²) in [5.41, 5.74) is 1.52. The van der Waals surface area contributed by atoms with Gasteiger partial charge >= 0.3 is 6.03 Å². The SMILES string of the molecule is COc1ccc(NC(=O)C[C@H]2NC(=O)N(CCc3ccccc3)C2=O)cn1. The minimum absolute atomic E-state index is 0.140. The van der Waals surface area contributed by atoms with E-state index in [9.17, 15) is 14.4 Å². The highest BCUT2D eigenvalue weighted by Gasteiger charge is 2.38. The Morgan fingerprint density at radius 2 is 2.00 bits per heavy atom. The van der Waals surface area contributed by atoms with E-state index in [2.05, 4.69) is 15.6 Å². The second-order valence-corrected chi connectivity index (χ2v) is 6.07. The molecular weight excluding hydrogens is 348 g/mol. The molecule has 0 aliphatic carbocycles. The number of anilines is 1. The maximum atomic E-state index is 12.4. The number of nitrogens with one attached hydrogen (secondary N) is 2. The zero-order chi connectivity index (χ0) is 19.2. The molecule has 1 aliphatic heterocycles. The van der Waals surface area contributed by atoms with Gasteiger partial charge in [-0.2, -0.15) is 0 Å². The van der Waals surface area contributed by atoms with Crippen molar-refractivity contribution in [2.24, 2.45) is 0 Å². The monoisotopic (exact) mass is 368 g/mol. The van der Waals surface area contributed by atoms with Gasteiger partial charge in [0.1, 0.15) is 6.04 Å². The number of carbonyl (C=O) groups is 3. The summed E-state index contributed by atoms with van der Waals surface area (Å²) in [5, 5.41) is 5.22. The number of methoxy groups -OCH3 is 1. The summed E-state index contributed by atoms with van der Waals surface area (Å²) >= 11 is 0. The van der Waals surface area contributed by atoms with Crippen LogP contribution >= 0.6 is 0 Å². The number of nitrogens with zero attached hydrogens (tertiary/aromatic N) is 2. The van der Waals surface area contributed by atoms with E-state index in [0.717, 1.165) is 10.5 Å². The van der Waals surface area contributed by atoms with Crippen LogP contribution in [0, 0.1) is 0 Å². The molecule has 0 spiro atoms. The summed E-state index contributed by atoms with van der Waals surface area (Å²) < 4.78 is 4.95. The molecule has 3 rings (SSSR count). The van der Waals surface area contributed by atoms with Crippen molar-refractivity contribution in [2.45, 2.75) is 18.9 Å². The molecule has 8 heteroatoms. The average molecular weight is 368 g/mol. The van der Waals surface area contributed by atoms with E-state index >= 15 is 0 Å². The molecule has 1 saturated heterocycles. The molecule has 8 nitrogen and oxygen atoms in total. The number of carbonyl (C=O) groups excluding carboxylic acids is 3. The number of ether oxygens (including phenoxy) is 1. The summed E-state index contributed by atoms with van der Waals surface area (Å²) in [7, 11) is 1.50. The van der Waals surface area contributed by atoms with Crippen LogP contribution in [0.1, 0.15) is 12.0 Å². The first-order valence-electron chi connectivity index (χ1n) is 8.52. The summed E-state index contributed by atoms with van der Waals surface area (Å²) in [4.78, 5) is 41.8. The van der Waals surface area contributed by atoms with Crippen LogP contribution < -0.4 is 15.4 Å². The Labute approximate surface area is 156 Å². The van der Waals surface area contributed by atoms with Crippen LogP contribution in [0.4, 0.5) is 10.5 Å². The van der Waals surface area contributed by atoms with Crippen LogP contribution in [-0.4, -0.2) is 47.4 Å². The van der Waals surface area contributed by atoms with Gasteiger partial charge in [-0.15, -0.1) is 0 Å². The van der Waals surface area contributed by atoms with Gasteiger partial charge < -0.3 is 15.4 Å². The molecule has 140 valence electrons. The summed E-state index contributed by atoms with van der Waals surface area (Å²) in [5.74, 6) is -0.343. The Kier molecular flexibility index (Phi) is 5.65. The van der Waals surface area contributed by atoms with Crippen LogP contribution in [0.2, 0.25) is 0 Å². The third-order valence-electron chi connectivity index (χ3n) is 4.19. The van der Waals surface area contributed by atoms with E-state index in [1.54, 1.807) is 12.1 Å². The van der Waals surface area contributed by atoms with Crippen LogP contribution in [0.3, 0.4) is 0 Å². The number of urea groups is 1. The number of amides is 4. The predicted octanol–water partition coefficient (Wildman–Crippen LogP) is 1.58. The van der Waals surface area contributed by atoms with Crippen LogP contribution in [-0.2, 0) is 16.0 Å². The molecule has 2 aromatic rings. The number of hydrogen-bond donors (Lipinski definition) is 2. The lowest BCUT2D eigenvalue weighted by molar-refractivity contribution is -0.129. The van der Waals surface area contributed by atoms with Crippen molar-refractivity contribution in [1.29, 1.82) is 0 Å². The molecule has 1 aliphatic rings. The second-order valence-electron chi connectivity index (χ2n) is 6.07. The van der Waals surface area contributed by atoms with Gasteiger partial charge in [-0.1, -0.05) is 30.3 Å². The number of imide groups is 1. The Morgan fingerprint density at radius 1 is 1.22 bits per heavy atom. The highest BCUT2D eigenvalue weighted by Crippen LogP contribution is 2.14. The molecule has 4 amide bonds. The van der Waals surface area contributed by atoms with Crippen molar-refractivity contribution >= 4 is 23.5 Å². The normalized spacial score (nSPS) is 16.2. The minimum atomic E-state index is -0.862. The fraction of sp³-hybridized carbons (Fsp3) is 0.263. The first kappa shape index (κ1) is 18.4. The summed E-state index contributed by atoms with van der Waals surface area (Å²) in [6, 6.07) is 11.5. The Hall–Kier alpha value is -3.42. The number of aromatic nitrogens is 1. The van der Waals surface area contributed by atoms with Crippen molar-refractivity contribution in [3.63, 3.8) is 0 Å². The summed E-state index contributed by atoms with van der Waals surface area (Å²) in [6.45, 7) is 0.273. The fourth-order valence-electron chi connectivity index (χ4n) is 2.78. The van der Waals surface area contributed by atoms with Gasteiger partial charge in [0.25, 0.3) is 5.91 Å². The van der Waals surface area contributed by atoms with Gasteiger partial charge in [-0.3, -0.25) is 14.5 Å². The molecule has 2 N–H and O–H groups in total. The van der Waals surface area contributed by atoms with Crippen molar-refractivity contribution in [3.05, 3.63) is 54.2 Å². The van der Waals surface area contributed by atoms with E-state index in [-0.39, 0.29) is 24.8 Å². The molecule has 0 radical (unpaired) electrons. The topological polar surface area (TPSA) is 101 Å². The smallest absolute Gasteiger partial charge is 0.324 e. The number of hydrogen-bond acceptors (Lipinski definition) is 5. The Bertz CT molecular complexity index is 823. The molecule has 1 aromatic heterocycles. The van der Waals surface area contributed by atoms with Crippen LogP contribution in [0.25, 0.3) is 0 Å². The molecule has 27 heavy (non-hydrogen) atoms. The van der Waals surface area contributed by atoms with E-state index < -0.39 is 12.1 Å². The second kappa shape index (κ2) is 8.31. The molecule has 1 aromatic carbocycles. The number of pyridine rings is 1. The van der Waals surface area contributed by atoms with E-state index in [1.807, 2.05) is 30.3 Å². The Balaban J connectivity index is 1.53. The zero-order valence-corrected chi connectivity index (χ0v) is 14.8. The molecule has 0 saturated carbocycles. The lowest BCUT2D eigenvalue weighted by Gasteiger charge is -2.13. The van der Waals surface area contributed by atoms with Gasteiger partial charge in [-0.05, 0) is 18.1 Å². The molecular formula is C19H20N4O4. The van der Waals surface area contributed by atoms with E-state index in [4.69, 9.17) is 4.74 Å². The zero-order valence-electron chi connectivity index (χ0n) is 14.8. The van der Waals surface area contributed by atoms with Gasteiger partial charge in [-0.25, -0.2) is 9.78 Å². The maximum absolute atomic E-state index is 12.4. The Morgan fingerprint density at radius 3 is 2.67 bits per heavy atom. The van der Waals surface area contributed by atoms with Gasteiger partial charge in [0.05, 0.1) is 25.4 Å². The van der Waals surface area contributed by atoms with Crippen LogP contribution in [0.15, 0.2) is 48.7 Å². The van der Waals surface area contributed by atoms with Gasteiger partial charge in [0.15, 0.2) is 0 Å². The molecule has 0 unspecified atom stereocenters. The lowest BCUT2D eigenvalue weighted by Crippen LogP contribution is -2.34. The molecule has 0 bridgehead atoms. The predicted molar refractivity (Wildman–Crippen MR) is 98.2 cm³/mol. The standard InChI is InChI=1S/C19H20N4O4/c1-27-17-8-7-14(12-20-17)21-16(24)11-15-18(25)23(19(26)22-15)10-9-13-5-3-2-4-6-13/h2-8,12,15H,9-11H2,1H3,(H,21,24)(H,22,26)/t15-/m1/s1. The molecule has 1 fully saturated rings. The van der Waals surface area contributed by atoms with Crippen LogP contribution in [0.5, 0.6) is 5.88 Å². The summed E-state index contributed by atoms with van der Waals surface area (Å²) in [6.07, 6.45) is 1.88. The minimum Gasteiger partial charge on any atom is -0.481 e. The third kappa shape index (κ3) is 4.60. The van der Waals surface area contributed by atoms with Crippen molar-refractivity contribution < 1.29 is 19.1 Å². The molecule has 2 heterocycles. The number of benzene rings is 1. The first-order chi connectivity index (χ1) is 13.1. The van der Waals surface area contributed by atoms with Crippen molar-refractivity contribution in [1.82, 2.24) is 15.2 Å². The van der Waals surface area contributed by atoms with Crippen molar-refractivity contribution in [3.8, 4) is 5.88 Å². The third-order valence-corrected chi connectivity index (χ3v) is 4.19. The van der Waals surface area contributed by atoms with Gasteiger partial charge in [0.2, 0.25) is 11.8 Å². The van der Waals surface area contributed by atoms with E-state index in [0.29, 0.717) is 18.0 Å². The highest BCUT2D eigenvalue weighted by atomic mass is 16.5. The van der Waals surface area contributed by atoms with E-state index in [1.165, 1.54) is 13.3 Å². The van der Waals surface area contributed by atoms with Crippen molar-refractivity contribution in [2.75, 3.05) is 19.0 Å². The highest BCUT2D eigenvalue weighted by molar-refractivity contribution is 6.06. The maximum Gasteiger partial charge on any atom is 0.324 e. The average Bonchev–Trinajstić information content (AvgIpc) is 2.94. The largest absolute Gasteiger partial charge is 0.481 e. The van der Waals surface area contributed by atoms with Gasteiger partial charge in [0, 0.05) is 12.6 Å². The first-order valence-corrected chi connectivity index (χ1v) is 8.52. The fourth-order valence-corrected chi connectivity index (χ4v) is 2.78. The quantitative estimate of drug-likeness (QED) is 0.723. The molecule has 1 atom stereocenters. The number of rotatable bonds is 7. The lowest BCUT2D eigenvalue weighted by atomic mass is 10.1.